The zero-order valence-corrected chi connectivity index (χ0v) is 25.6. The van der Waals surface area contributed by atoms with Crippen molar-refractivity contribution in [3.05, 3.63) is 59.7 Å². The SMILES string of the molecule is SCCSCCSCCCOc1ccc(Cc2ccccc2)c(OCCCSCCSCCS)c1. The Labute approximate surface area is 241 Å². The number of thiol groups is 2. The summed E-state index contributed by atoms with van der Waals surface area (Å²) in [5.41, 5.74) is 2.51. The minimum Gasteiger partial charge on any atom is -0.493 e. The minimum absolute atomic E-state index is 0.740. The lowest BCUT2D eigenvalue weighted by molar-refractivity contribution is 0.301. The van der Waals surface area contributed by atoms with Crippen LogP contribution in [0.4, 0.5) is 0 Å². The average Bonchev–Trinajstić information content (AvgIpc) is 2.88. The molecule has 0 spiro atoms. The van der Waals surface area contributed by atoms with Crippen molar-refractivity contribution in [2.45, 2.75) is 19.3 Å². The van der Waals surface area contributed by atoms with Crippen molar-refractivity contribution in [3.63, 3.8) is 0 Å². The normalized spacial score (nSPS) is 11.0. The third-order valence-electron chi connectivity index (χ3n) is 4.88. The average molecular weight is 589 g/mol. The van der Waals surface area contributed by atoms with Crippen LogP contribution in [0.2, 0.25) is 0 Å². The quantitative estimate of drug-likeness (QED) is 0.108. The molecule has 0 saturated carbocycles. The first-order valence-corrected chi connectivity index (χ1v) is 18.2. The lowest BCUT2D eigenvalue weighted by Crippen LogP contribution is -2.04. The molecule has 196 valence electrons. The molecular weight excluding hydrogens is 549 g/mol. The van der Waals surface area contributed by atoms with E-state index in [0.29, 0.717) is 0 Å². The van der Waals surface area contributed by atoms with Gasteiger partial charge in [0.2, 0.25) is 0 Å². The highest BCUT2D eigenvalue weighted by Gasteiger charge is 2.08. The molecule has 0 fully saturated rings. The molecule has 35 heavy (non-hydrogen) atoms. The molecule has 0 radical (unpaired) electrons. The molecule has 0 aliphatic carbocycles. The topological polar surface area (TPSA) is 18.5 Å². The highest BCUT2D eigenvalue weighted by molar-refractivity contribution is 8.03. The van der Waals surface area contributed by atoms with E-state index in [1.165, 1.54) is 34.1 Å². The van der Waals surface area contributed by atoms with Crippen LogP contribution in [0, 0.1) is 0 Å². The third kappa shape index (κ3) is 15.9. The molecule has 0 aliphatic rings. The number of thioether (sulfide) groups is 4. The summed E-state index contributed by atoms with van der Waals surface area (Å²) in [4.78, 5) is 0. The Hall–Kier alpha value is 0.140. The molecule has 0 atom stereocenters. The van der Waals surface area contributed by atoms with E-state index in [9.17, 15) is 0 Å². The first kappa shape index (κ1) is 31.4. The summed E-state index contributed by atoms with van der Waals surface area (Å²) in [7, 11) is 0. The van der Waals surface area contributed by atoms with E-state index in [2.05, 4.69) is 73.8 Å². The van der Waals surface area contributed by atoms with Gasteiger partial charge in [0.25, 0.3) is 0 Å². The van der Waals surface area contributed by atoms with Crippen molar-refractivity contribution < 1.29 is 9.47 Å². The van der Waals surface area contributed by atoms with Crippen LogP contribution in [0.5, 0.6) is 11.5 Å². The molecule has 2 aromatic carbocycles. The van der Waals surface area contributed by atoms with E-state index < -0.39 is 0 Å². The Morgan fingerprint density at radius 3 is 1.77 bits per heavy atom. The fraction of sp³-hybridized carbons (Fsp3) is 0.556. The molecule has 0 aliphatic heterocycles. The summed E-state index contributed by atoms with van der Waals surface area (Å²) in [6, 6.07) is 16.9. The zero-order chi connectivity index (χ0) is 24.8. The second-order valence-corrected chi connectivity index (χ2v) is 13.5. The van der Waals surface area contributed by atoms with Gasteiger partial charge in [0, 0.05) is 47.0 Å². The number of hydrogen-bond acceptors (Lipinski definition) is 8. The predicted octanol–water partition coefficient (Wildman–Crippen LogP) is 7.61. The van der Waals surface area contributed by atoms with Gasteiger partial charge >= 0.3 is 0 Å². The van der Waals surface area contributed by atoms with E-state index in [4.69, 9.17) is 9.47 Å². The first-order chi connectivity index (χ1) is 17.3. The van der Waals surface area contributed by atoms with Crippen LogP contribution in [0.25, 0.3) is 0 Å². The van der Waals surface area contributed by atoms with Gasteiger partial charge in [0.15, 0.2) is 0 Å². The monoisotopic (exact) mass is 588 g/mol. The van der Waals surface area contributed by atoms with Gasteiger partial charge in [0.05, 0.1) is 13.2 Å². The molecular formula is C27H40O2S6. The van der Waals surface area contributed by atoms with E-state index in [0.717, 1.165) is 78.5 Å². The van der Waals surface area contributed by atoms with E-state index in [1.54, 1.807) is 0 Å². The summed E-state index contributed by atoms with van der Waals surface area (Å²) in [6.45, 7) is 1.49. The molecule has 2 aromatic rings. The fourth-order valence-corrected chi connectivity index (χ4v) is 7.57. The maximum absolute atomic E-state index is 6.27. The number of rotatable bonds is 22. The van der Waals surface area contributed by atoms with Gasteiger partial charge in [-0.15, -0.1) is 0 Å². The van der Waals surface area contributed by atoms with E-state index in [1.807, 2.05) is 47.0 Å². The van der Waals surface area contributed by atoms with Crippen LogP contribution in [0.15, 0.2) is 48.5 Å². The van der Waals surface area contributed by atoms with Gasteiger partial charge < -0.3 is 9.47 Å². The zero-order valence-electron chi connectivity index (χ0n) is 20.6. The molecule has 2 rings (SSSR count). The highest BCUT2D eigenvalue weighted by atomic mass is 32.2. The van der Waals surface area contributed by atoms with Crippen LogP contribution < -0.4 is 9.47 Å². The second-order valence-electron chi connectivity index (χ2n) is 7.73. The van der Waals surface area contributed by atoms with Crippen LogP contribution in [-0.2, 0) is 6.42 Å². The van der Waals surface area contributed by atoms with Gasteiger partial charge in [-0.3, -0.25) is 0 Å². The van der Waals surface area contributed by atoms with Crippen LogP contribution >= 0.6 is 72.3 Å². The number of hydrogen-bond donors (Lipinski definition) is 2. The molecule has 0 amide bonds. The summed E-state index contributed by atoms with van der Waals surface area (Å²) in [5.74, 6) is 13.2. The van der Waals surface area contributed by atoms with Gasteiger partial charge in [-0.2, -0.15) is 72.3 Å². The van der Waals surface area contributed by atoms with Crippen molar-refractivity contribution in [2.24, 2.45) is 0 Å². The van der Waals surface area contributed by atoms with E-state index >= 15 is 0 Å². The number of ether oxygens (including phenoxy) is 2. The Kier molecular flexibility index (Phi) is 19.8. The van der Waals surface area contributed by atoms with Crippen molar-refractivity contribution in [1.82, 2.24) is 0 Å². The molecule has 0 N–H and O–H groups in total. The van der Waals surface area contributed by atoms with Crippen molar-refractivity contribution >= 4 is 72.3 Å². The van der Waals surface area contributed by atoms with Crippen LogP contribution in [-0.4, -0.2) is 70.7 Å². The lowest BCUT2D eigenvalue weighted by atomic mass is 10.0. The smallest absolute Gasteiger partial charge is 0.126 e. The van der Waals surface area contributed by atoms with Crippen LogP contribution in [0.1, 0.15) is 24.0 Å². The molecule has 0 heterocycles. The fourth-order valence-electron chi connectivity index (χ4n) is 3.19. The summed E-state index contributed by atoms with van der Waals surface area (Å²) in [5, 5.41) is 0. The second kappa shape index (κ2) is 22.2. The Balaban J connectivity index is 1.76. The van der Waals surface area contributed by atoms with Crippen molar-refractivity contribution in [1.29, 1.82) is 0 Å². The first-order valence-electron chi connectivity index (χ1n) is 12.3. The predicted molar refractivity (Wildman–Crippen MR) is 173 cm³/mol. The summed E-state index contributed by atoms with van der Waals surface area (Å²) >= 11 is 16.5. The molecule has 2 nitrogen and oxygen atoms in total. The molecule has 0 saturated heterocycles. The van der Waals surface area contributed by atoms with Gasteiger partial charge in [-0.05, 0) is 53.0 Å². The minimum atomic E-state index is 0.740. The highest BCUT2D eigenvalue weighted by Crippen LogP contribution is 2.28. The molecule has 0 bridgehead atoms. The largest absolute Gasteiger partial charge is 0.493 e. The maximum Gasteiger partial charge on any atom is 0.126 e. The Morgan fingerprint density at radius 1 is 0.600 bits per heavy atom. The Bertz CT molecular complexity index is 763. The van der Waals surface area contributed by atoms with Gasteiger partial charge in [-0.25, -0.2) is 0 Å². The van der Waals surface area contributed by atoms with Gasteiger partial charge in [0.1, 0.15) is 11.5 Å². The standard InChI is InChI=1S/C27H40O2S6/c30-12-16-34-20-18-32-14-4-10-28-26-9-8-25(22-24-6-2-1-3-7-24)27(23-26)29-11-5-15-33-19-21-35-17-13-31/h1-3,6-9,23,30-31H,4-5,10-22H2. The van der Waals surface area contributed by atoms with Crippen molar-refractivity contribution in [3.8, 4) is 11.5 Å². The molecule has 0 unspecified atom stereocenters. The van der Waals surface area contributed by atoms with Crippen molar-refractivity contribution in [2.75, 3.05) is 70.7 Å². The number of benzene rings is 2. The maximum atomic E-state index is 6.27. The van der Waals surface area contributed by atoms with Gasteiger partial charge in [-0.1, -0.05) is 36.4 Å². The third-order valence-corrected chi connectivity index (χ3v) is 10.6. The van der Waals surface area contributed by atoms with E-state index in [-0.39, 0.29) is 0 Å². The van der Waals surface area contributed by atoms with Crippen LogP contribution in [0.3, 0.4) is 0 Å². The lowest BCUT2D eigenvalue weighted by Gasteiger charge is -2.14. The molecule has 0 aromatic heterocycles. The summed E-state index contributed by atoms with van der Waals surface area (Å²) in [6.07, 6.45) is 2.99. The molecule has 8 heteroatoms. The summed E-state index contributed by atoms with van der Waals surface area (Å²) < 4.78 is 12.3. The Morgan fingerprint density at radius 2 is 1.17 bits per heavy atom.